The lowest BCUT2D eigenvalue weighted by Crippen LogP contribution is -2.46. The van der Waals surface area contributed by atoms with Crippen molar-refractivity contribution >= 4 is 39.2 Å². The molecule has 3 nitrogen and oxygen atoms in total. The van der Waals surface area contributed by atoms with E-state index in [1.807, 2.05) is 34.5 Å². The first-order chi connectivity index (χ1) is 11.2. The Kier molecular flexibility index (Phi) is 4.96. The smallest absolute Gasteiger partial charge is 0.379 e. The minimum Gasteiger partial charge on any atom is -0.379 e. The largest absolute Gasteiger partial charge is 0.406 e. The van der Waals surface area contributed by atoms with Crippen LogP contribution in [0, 0.1) is 3.70 Å². The number of anilines is 1. The van der Waals surface area contributed by atoms with E-state index < -0.39 is 18.9 Å². The van der Waals surface area contributed by atoms with Crippen LogP contribution < -0.4 is 5.32 Å². The number of rotatable bonds is 3. The highest BCUT2D eigenvalue weighted by molar-refractivity contribution is 14.1. The van der Waals surface area contributed by atoms with Gasteiger partial charge in [-0.15, -0.1) is 0 Å². The van der Waals surface area contributed by atoms with Crippen molar-refractivity contribution in [3.8, 4) is 0 Å². The molecule has 2 heterocycles. The Labute approximate surface area is 151 Å². The Bertz CT molecular complexity index is 728. The maximum Gasteiger partial charge on any atom is 0.406 e. The fraction of sp³-hybridized carbons (Fsp3) is 0.500. The van der Waals surface area contributed by atoms with Crippen molar-refractivity contribution in [2.75, 3.05) is 25.5 Å². The Morgan fingerprint density at radius 3 is 2.75 bits per heavy atom. The quantitative estimate of drug-likeness (QED) is 0.552. The van der Waals surface area contributed by atoms with Crippen LogP contribution in [0.15, 0.2) is 24.3 Å². The van der Waals surface area contributed by atoms with Gasteiger partial charge in [-0.1, -0.05) is 6.07 Å². The van der Waals surface area contributed by atoms with E-state index in [0.29, 0.717) is 33.3 Å². The van der Waals surface area contributed by atoms with Gasteiger partial charge in [0, 0.05) is 24.2 Å². The normalized spacial score (nSPS) is 22.9. The first-order valence-corrected chi connectivity index (χ1v) is 8.76. The van der Waals surface area contributed by atoms with E-state index >= 15 is 0 Å². The van der Waals surface area contributed by atoms with Gasteiger partial charge in [0.15, 0.2) is 0 Å². The highest BCUT2D eigenvalue weighted by Gasteiger charge is 2.30. The van der Waals surface area contributed by atoms with Crippen molar-refractivity contribution in [1.29, 1.82) is 0 Å². The Morgan fingerprint density at radius 2 is 2.08 bits per heavy atom. The zero-order chi connectivity index (χ0) is 17.5. The van der Waals surface area contributed by atoms with Crippen LogP contribution in [0.2, 0.25) is 0 Å². The third-order valence-corrected chi connectivity index (χ3v) is 5.21. The third kappa shape index (κ3) is 3.79. The molecule has 1 N–H and O–H groups in total. The Balaban J connectivity index is 1.91. The molecule has 1 aromatic heterocycles. The van der Waals surface area contributed by atoms with Gasteiger partial charge >= 0.3 is 6.18 Å². The Hall–Kier alpha value is -1.03. The van der Waals surface area contributed by atoms with E-state index in [1.54, 1.807) is 24.3 Å². The van der Waals surface area contributed by atoms with Gasteiger partial charge < -0.3 is 14.8 Å². The standard InChI is InChI=1S/C16H18F4IN3/c1-23-6-5-13(11(17)8-23)22-12-3-2-4-14-10(12)7-15(21)24(14)9-16(18,19)20/h2-4,7,11,13,22H,5-6,8-9H2,1H3/t11-,13+/m0/s1. The van der Waals surface area contributed by atoms with E-state index in [9.17, 15) is 17.6 Å². The summed E-state index contributed by atoms with van der Waals surface area (Å²) < 4.78 is 54.4. The topological polar surface area (TPSA) is 20.2 Å². The van der Waals surface area contributed by atoms with Crippen molar-refractivity contribution in [1.82, 2.24) is 9.47 Å². The van der Waals surface area contributed by atoms with Gasteiger partial charge in [-0.3, -0.25) is 0 Å². The van der Waals surface area contributed by atoms with Crippen molar-refractivity contribution in [2.45, 2.75) is 31.4 Å². The molecule has 3 rings (SSSR count). The monoisotopic (exact) mass is 455 g/mol. The van der Waals surface area contributed by atoms with Crippen LogP contribution in [0.25, 0.3) is 10.9 Å². The average Bonchev–Trinajstić information content (AvgIpc) is 2.78. The van der Waals surface area contributed by atoms with Crippen molar-refractivity contribution in [3.63, 3.8) is 0 Å². The van der Waals surface area contributed by atoms with Gasteiger partial charge in [0.05, 0.1) is 15.3 Å². The lowest BCUT2D eigenvalue weighted by atomic mass is 10.0. The fourth-order valence-electron chi connectivity index (χ4n) is 3.14. The highest BCUT2D eigenvalue weighted by Crippen LogP contribution is 2.32. The summed E-state index contributed by atoms with van der Waals surface area (Å²) in [5, 5.41) is 3.89. The maximum atomic E-state index is 14.2. The van der Waals surface area contributed by atoms with Crippen LogP contribution in [0.1, 0.15) is 6.42 Å². The van der Waals surface area contributed by atoms with E-state index in [4.69, 9.17) is 0 Å². The van der Waals surface area contributed by atoms with Gasteiger partial charge in [-0.2, -0.15) is 13.2 Å². The van der Waals surface area contributed by atoms with Crippen LogP contribution in [-0.2, 0) is 6.54 Å². The molecule has 132 valence electrons. The molecule has 1 aliphatic rings. The highest BCUT2D eigenvalue weighted by atomic mass is 127. The molecule has 0 amide bonds. The lowest BCUT2D eigenvalue weighted by Gasteiger charge is -2.33. The molecule has 0 radical (unpaired) electrons. The van der Waals surface area contributed by atoms with Crippen LogP contribution in [0.3, 0.4) is 0 Å². The number of hydrogen-bond donors (Lipinski definition) is 1. The molecule has 0 unspecified atom stereocenters. The van der Waals surface area contributed by atoms with Gasteiger partial charge in [0.1, 0.15) is 12.7 Å². The second kappa shape index (κ2) is 6.70. The van der Waals surface area contributed by atoms with E-state index in [-0.39, 0.29) is 6.04 Å². The number of halogens is 5. The summed E-state index contributed by atoms with van der Waals surface area (Å²) in [5.74, 6) is 0. The van der Waals surface area contributed by atoms with E-state index in [0.717, 1.165) is 6.54 Å². The number of likely N-dealkylation sites (tertiary alicyclic amines) is 1. The molecule has 2 atom stereocenters. The summed E-state index contributed by atoms with van der Waals surface area (Å²) in [6, 6.07) is 6.55. The SMILES string of the molecule is CN1CC[C@@H](Nc2cccc3c2cc(I)n3CC(F)(F)F)[C@@H](F)C1. The van der Waals surface area contributed by atoms with Crippen molar-refractivity contribution in [3.05, 3.63) is 28.0 Å². The summed E-state index contributed by atoms with van der Waals surface area (Å²) >= 11 is 1.90. The molecule has 2 aromatic rings. The van der Waals surface area contributed by atoms with Crippen molar-refractivity contribution < 1.29 is 17.6 Å². The molecule has 0 bridgehead atoms. The summed E-state index contributed by atoms with van der Waals surface area (Å²) in [6.07, 6.45) is -4.63. The number of aromatic nitrogens is 1. The van der Waals surface area contributed by atoms with E-state index in [2.05, 4.69) is 5.32 Å². The zero-order valence-corrected chi connectivity index (χ0v) is 15.2. The molecular formula is C16H18F4IN3. The van der Waals surface area contributed by atoms with Crippen LogP contribution in [-0.4, -0.2) is 48.0 Å². The van der Waals surface area contributed by atoms with Gasteiger partial charge in [-0.25, -0.2) is 4.39 Å². The molecule has 0 spiro atoms. The first kappa shape index (κ1) is 17.8. The predicted octanol–water partition coefficient (Wildman–Crippen LogP) is 4.26. The van der Waals surface area contributed by atoms with Crippen LogP contribution >= 0.6 is 22.6 Å². The van der Waals surface area contributed by atoms with E-state index in [1.165, 1.54) is 4.57 Å². The fourth-order valence-corrected chi connectivity index (χ4v) is 3.88. The Morgan fingerprint density at radius 1 is 1.33 bits per heavy atom. The van der Waals surface area contributed by atoms with Crippen LogP contribution in [0.5, 0.6) is 0 Å². The molecule has 24 heavy (non-hydrogen) atoms. The number of hydrogen-bond acceptors (Lipinski definition) is 2. The van der Waals surface area contributed by atoms with Crippen molar-refractivity contribution in [2.24, 2.45) is 0 Å². The molecule has 0 aliphatic carbocycles. The number of nitrogens with one attached hydrogen (secondary N) is 1. The molecule has 1 aromatic carbocycles. The second-order valence-corrected chi connectivity index (χ2v) is 7.33. The average molecular weight is 455 g/mol. The number of benzene rings is 1. The first-order valence-electron chi connectivity index (χ1n) is 7.68. The molecule has 8 heteroatoms. The van der Waals surface area contributed by atoms with Gasteiger partial charge in [-0.05, 0) is 54.3 Å². The number of alkyl halides is 4. The lowest BCUT2D eigenvalue weighted by molar-refractivity contribution is -0.140. The number of fused-ring (bicyclic) bond motifs is 1. The zero-order valence-electron chi connectivity index (χ0n) is 13.1. The molecule has 1 fully saturated rings. The number of piperidine rings is 1. The molecule has 1 saturated heterocycles. The van der Waals surface area contributed by atoms with Gasteiger partial charge in [0.2, 0.25) is 0 Å². The third-order valence-electron chi connectivity index (χ3n) is 4.32. The summed E-state index contributed by atoms with van der Waals surface area (Å²) in [6.45, 7) is 0.124. The molecule has 1 aliphatic heterocycles. The minimum atomic E-state index is -4.28. The maximum absolute atomic E-state index is 14.2. The molecular weight excluding hydrogens is 437 g/mol. The minimum absolute atomic E-state index is 0.324. The summed E-state index contributed by atoms with van der Waals surface area (Å²) in [7, 11) is 1.88. The summed E-state index contributed by atoms with van der Waals surface area (Å²) in [4.78, 5) is 1.94. The van der Waals surface area contributed by atoms with Gasteiger partial charge in [0.25, 0.3) is 0 Å². The number of nitrogens with zero attached hydrogens (tertiary/aromatic N) is 2. The second-order valence-electron chi connectivity index (χ2n) is 6.22. The van der Waals surface area contributed by atoms with Crippen LogP contribution in [0.4, 0.5) is 23.2 Å². The summed E-state index contributed by atoms with van der Waals surface area (Å²) in [5.41, 5.74) is 1.19. The predicted molar refractivity (Wildman–Crippen MR) is 95.1 cm³/mol. The molecule has 0 saturated carbocycles.